The molecule has 0 aliphatic rings. The Morgan fingerprint density at radius 1 is 1.57 bits per heavy atom. The van der Waals surface area contributed by atoms with E-state index in [-0.39, 0.29) is 17.1 Å². The second kappa shape index (κ2) is 5.18. The van der Waals surface area contributed by atoms with Gasteiger partial charge in [-0.1, -0.05) is 0 Å². The lowest BCUT2D eigenvalue weighted by molar-refractivity contribution is 0.145. The molecule has 1 rings (SSSR count). The molecule has 0 saturated carbocycles. The van der Waals surface area contributed by atoms with Crippen LogP contribution < -0.4 is 0 Å². The molecule has 0 unspecified atom stereocenters. The van der Waals surface area contributed by atoms with Crippen LogP contribution in [0.15, 0.2) is 6.07 Å². The van der Waals surface area contributed by atoms with Crippen LogP contribution in [0.4, 0.5) is 8.78 Å². The number of aliphatic hydroxyl groups excluding tert-OH is 1. The number of aliphatic hydroxyl groups is 1. The standard InChI is InChI=1S/C8H7ClF2INO/c9-2-4-1-6(12)13-5(3-14)7(4)8(10)11/h1,8,14H,2-3H2. The lowest BCUT2D eigenvalue weighted by Crippen LogP contribution is -2.04. The van der Waals surface area contributed by atoms with Crippen molar-refractivity contribution in [2.75, 3.05) is 0 Å². The third kappa shape index (κ3) is 2.52. The van der Waals surface area contributed by atoms with Crippen LogP contribution in [-0.2, 0) is 12.5 Å². The largest absolute Gasteiger partial charge is 0.390 e. The minimum atomic E-state index is -2.66. The number of rotatable bonds is 3. The number of halogens is 4. The maximum absolute atomic E-state index is 12.6. The second-order valence-electron chi connectivity index (χ2n) is 2.56. The Bertz CT molecular complexity index is 310. The molecule has 1 aromatic rings. The van der Waals surface area contributed by atoms with Gasteiger partial charge in [0.15, 0.2) is 0 Å². The molecule has 0 atom stereocenters. The van der Waals surface area contributed by atoms with Gasteiger partial charge in [-0.05, 0) is 34.2 Å². The Labute approximate surface area is 98.4 Å². The maximum atomic E-state index is 12.6. The molecule has 0 saturated heterocycles. The van der Waals surface area contributed by atoms with Crippen molar-refractivity contribution in [3.63, 3.8) is 0 Å². The average molecular weight is 334 g/mol. The van der Waals surface area contributed by atoms with E-state index in [1.54, 1.807) is 0 Å². The van der Waals surface area contributed by atoms with Crippen molar-refractivity contribution >= 4 is 34.2 Å². The molecule has 2 nitrogen and oxygen atoms in total. The summed E-state index contributed by atoms with van der Waals surface area (Å²) < 4.78 is 25.7. The van der Waals surface area contributed by atoms with Gasteiger partial charge in [0.1, 0.15) is 3.70 Å². The van der Waals surface area contributed by atoms with E-state index >= 15 is 0 Å². The highest BCUT2D eigenvalue weighted by molar-refractivity contribution is 14.1. The quantitative estimate of drug-likeness (QED) is 0.524. The van der Waals surface area contributed by atoms with Crippen molar-refractivity contribution in [1.82, 2.24) is 4.98 Å². The summed E-state index contributed by atoms with van der Waals surface area (Å²) in [6.07, 6.45) is -2.66. The molecular formula is C8H7ClF2INO. The average Bonchev–Trinajstić information content (AvgIpc) is 2.15. The highest BCUT2D eigenvalue weighted by Gasteiger charge is 2.19. The molecule has 0 radical (unpaired) electrons. The van der Waals surface area contributed by atoms with Crippen LogP contribution in [0, 0.1) is 3.70 Å². The van der Waals surface area contributed by atoms with Crippen molar-refractivity contribution < 1.29 is 13.9 Å². The monoisotopic (exact) mass is 333 g/mol. The zero-order valence-electron chi connectivity index (χ0n) is 6.98. The first-order valence-electron chi connectivity index (χ1n) is 3.73. The van der Waals surface area contributed by atoms with E-state index in [1.165, 1.54) is 6.07 Å². The minimum Gasteiger partial charge on any atom is -0.390 e. The van der Waals surface area contributed by atoms with Crippen LogP contribution in [0.2, 0.25) is 0 Å². The molecule has 6 heteroatoms. The van der Waals surface area contributed by atoms with Gasteiger partial charge in [0.05, 0.1) is 12.3 Å². The molecule has 1 aromatic heterocycles. The summed E-state index contributed by atoms with van der Waals surface area (Å²) in [7, 11) is 0. The summed E-state index contributed by atoms with van der Waals surface area (Å²) in [6.45, 7) is -0.500. The third-order valence-corrected chi connectivity index (χ3v) is 2.54. The molecule has 0 bridgehead atoms. The zero-order valence-corrected chi connectivity index (χ0v) is 9.89. The first-order chi connectivity index (χ1) is 6.60. The summed E-state index contributed by atoms with van der Waals surface area (Å²) >= 11 is 7.42. The van der Waals surface area contributed by atoms with E-state index in [4.69, 9.17) is 16.7 Å². The van der Waals surface area contributed by atoms with Crippen LogP contribution in [0.5, 0.6) is 0 Å². The molecule has 0 aromatic carbocycles. The predicted molar refractivity (Wildman–Crippen MR) is 57.4 cm³/mol. The topological polar surface area (TPSA) is 33.1 Å². The van der Waals surface area contributed by atoms with Crippen LogP contribution in [0.25, 0.3) is 0 Å². The number of nitrogens with zero attached hydrogens (tertiary/aromatic N) is 1. The van der Waals surface area contributed by atoms with Crippen molar-refractivity contribution in [3.8, 4) is 0 Å². The Balaban J connectivity index is 3.33. The van der Waals surface area contributed by atoms with Gasteiger partial charge in [-0.3, -0.25) is 0 Å². The Kier molecular flexibility index (Phi) is 4.46. The Hall–Kier alpha value is -0.0100. The third-order valence-electron chi connectivity index (χ3n) is 1.70. The van der Waals surface area contributed by atoms with Gasteiger partial charge in [0.25, 0.3) is 6.43 Å². The number of hydrogen-bond donors (Lipinski definition) is 1. The van der Waals surface area contributed by atoms with Gasteiger partial charge < -0.3 is 5.11 Å². The van der Waals surface area contributed by atoms with Crippen LogP contribution in [0.1, 0.15) is 23.2 Å². The molecule has 0 fully saturated rings. The summed E-state index contributed by atoms with van der Waals surface area (Å²) in [4.78, 5) is 3.82. The van der Waals surface area contributed by atoms with Crippen LogP contribution in [0.3, 0.4) is 0 Å². The minimum absolute atomic E-state index is 0.00236. The van der Waals surface area contributed by atoms with E-state index in [1.807, 2.05) is 22.6 Å². The zero-order chi connectivity index (χ0) is 10.7. The molecule has 0 amide bonds. The van der Waals surface area contributed by atoms with Crippen molar-refractivity contribution in [3.05, 3.63) is 26.6 Å². The smallest absolute Gasteiger partial charge is 0.266 e. The number of pyridine rings is 1. The SMILES string of the molecule is OCc1nc(I)cc(CCl)c1C(F)F. The number of alkyl halides is 3. The molecule has 0 aliphatic heterocycles. The number of aromatic nitrogens is 1. The lowest BCUT2D eigenvalue weighted by atomic mass is 10.1. The van der Waals surface area contributed by atoms with E-state index in [0.29, 0.717) is 9.26 Å². The van der Waals surface area contributed by atoms with E-state index in [9.17, 15) is 8.78 Å². The van der Waals surface area contributed by atoms with E-state index < -0.39 is 13.0 Å². The highest BCUT2D eigenvalue weighted by Crippen LogP contribution is 2.28. The summed E-state index contributed by atoms with van der Waals surface area (Å²) in [5.74, 6) is -0.00874. The Morgan fingerprint density at radius 2 is 2.21 bits per heavy atom. The molecule has 14 heavy (non-hydrogen) atoms. The van der Waals surface area contributed by atoms with Gasteiger partial charge >= 0.3 is 0 Å². The first kappa shape index (κ1) is 12.1. The van der Waals surface area contributed by atoms with Crippen molar-refractivity contribution in [2.24, 2.45) is 0 Å². The fraction of sp³-hybridized carbons (Fsp3) is 0.375. The normalized spacial score (nSPS) is 11.0. The summed E-state index contributed by atoms with van der Waals surface area (Å²) in [6, 6.07) is 1.49. The highest BCUT2D eigenvalue weighted by atomic mass is 127. The molecule has 0 aliphatic carbocycles. The molecule has 0 spiro atoms. The van der Waals surface area contributed by atoms with Crippen LogP contribution >= 0.6 is 34.2 Å². The van der Waals surface area contributed by atoms with Crippen molar-refractivity contribution in [2.45, 2.75) is 18.9 Å². The fourth-order valence-electron chi connectivity index (χ4n) is 1.13. The molecule has 78 valence electrons. The molecule has 1 heterocycles. The lowest BCUT2D eigenvalue weighted by Gasteiger charge is -2.10. The van der Waals surface area contributed by atoms with Gasteiger partial charge in [-0.25, -0.2) is 13.8 Å². The van der Waals surface area contributed by atoms with E-state index in [2.05, 4.69) is 4.98 Å². The number of hydrogen-bond acceptors (Lipinski definition) is 2. The first-order valence-corrected chi connectivity index (χ1v) is 5.34. The summed E-state index contributed by atoms with van der Waals surface area (Å²) in [5.41, 5.74) is 0.0792. The molecular weight excluding hydrogens is 326 g/mol. The van der Waals surface area contributed by atoms with Crippen molar-refractivity contribution in [1.29, 1.82) is 0 Å². The van der Waals surface area contributed by atoms with Crippen LogP contribution in [-0.4, -0.2) is 10.1 Å². The fourth-order valence-corrected chi connectivity index (χ4v) is 2.01. The van der Waals surface area contributed by atoms with Gasteiger partial charge in [0.2, 0.25) is 0 Å². The summed E-state index contributed by atoms with van der Waals surface area (Å²) in [5, 5.41) is 8.87. The Morgan fingerprint density at radius 3 is 2.64 bits per heavy atom. The van der Waals surface area contributed by atoms with Gasteiger partial charge in [-0.15, -0.1) is 11.6 Å². The second-order valence-corrected chi connectivity index (χ2v) is 3.93. The van der Waals surface area contributed by atoms with Gasteiger partial charge in [0, 0.05) is 11.4 Å². The maximum Gasteiger partial charge on any atom is 0.266 e. The van der Waals surface area contributed by atoms with E-state index in [0.717, 1.165) is 0 Å². The predicted octanol–water partition coefficient (Wildman–Crippen LogP) is 2.85. The van der Waals surface area contributed by atoms with Gasteiger partial charge in [-0.2, -0.15) is 0 Å². The molecule has 1 N–H and O–H groups in total.